The number of hydrogen-bond donors (Lipinski definition) is 0. The van der Waals surface area contributed by atoms with E-state index >= 15 is 0 Å². The van der Waals surface area contributed by atoms with Gasteiger partial charge in [-0.1, -0.05) is 32.4 Å². The minimum atomic E-state index is -0.997. The Labute approximate surface area is 174 Å². The molecule has 0 spiro atoms. The van der Waals surface area contributed by atoms with E-state index in [-0.39, 0.29) is 34.3 Å². The molecule has 0 amide bonds. The number of ketones is 2. The molecular weight excluding hydrogens is 364 g/mol. The van der Waals surface area contributed by atoms with Crippen molar-refractivity contribution in [3.05, 3.63) is 23.3 Å². The first-order valence-electron chi connectivity index (χ1n) is 11.1. The molecule has 0 bridgehead atoms. The van der Waals surface area contributed by atoms with Crippen molar-refractivity contribution in [3.8, 4) is 0 Å². The molecule has 158 valence electrons. The van der Waals surface area contributed by atoms with Crippen LogP contribution in [0.25, 0.3) is 0 Å². The normalized spacial score (nSPS) is 46.1. The zero-order valence-electron chi connectivity index (χ0n) is 18.6. The molecule has 0 unspecified atom stereocenters. The molecule has 4 nitrogen and oxygen atoms in total. The topological polar surface area (TPSA) is 60.4 Å². The Balaban J connectivity index is 1.79. The number of rotatable bonds is 2. The highest BCUT2D eigenvalue weighted by Crippen LogP contribution is 2.68. The second-order valence-corrected chi connectivity index (χ2v) is 10.6. The van der Waals surface area contributed by atoms with Crippen LogP contribution in [-0.4, -0.2) is 23.1 Å². The fraction of sp³-hybridized carbons (Fsp3) is 0.720. The molecule has 2 fully saturated rings. The Morgan fingerprint density at radius 2 is 1.76 bits per heavy atom. The number of Topliss-reactive ketones (excluding diaryl/α,β-unsaturated/α-hetero) is 1. The van der Waals surface area contributed by atoms with Gasteiger partial charge in [0.05, 0.1) is 0 Å². The number of carbonyl (C=O) groups is 3. The number of fused-ring (bicyclic) bond motifs is 5. The Morgan fingerprint density at radius 3 is 2.38 bits per heavy atom. The van der Waals surface area contributed by atoms with Gasteiger partial charge in [-0.15, -0.1) is 0 Å². The van der Waals surface area contributed by atoms with E-state index in [4.69, 9.17) is 4.74 Å². The molecule has 7 atom stereocenters. The fourth-order valence-corrected chi connectivity index (χ4v) is 7.82. The van der Waals surface area contributed by atoms with Crippen LogP contribution in [0.1, 0.15) is 73.6 Å². The van der Waals surface area contributed by atoms with Crippen LogP contribution in [0, 0.1) is 34.5 Å². The number of carbonyl (C=O) groups excluding carboxylic acids is 3. The molecule has 0 aliphatic heterocycles. The van der Waals surface area contributed by atoms with Crippen molar-refractivity contribution in [2.45, 2.75) is 79.2 Å². The van der Waals surface area contributed by atoms with Gasteiger partial charge in [0, 0.05) is 18.3 Å². The number of hydrogen-bond acceptors (Lipinski definition) is 4. The van der Waals surface area contributed by atoms with Crippen LogP contribution < -0.4 is 0 Å². The first kappa shape index (κ1) is 20.6. The minimum Gasteiger partial charge on any atom is -0.451 e. The van der Waals surface area contributed by atoms with Gasteiger partial charge in [-0.05, 0) is 80.8 Å². The molecule has 0 saturated heterocycles. The smallest absolute Gasteiger partial charge is 0.303 e. The molecule has 4 aliphatic rings. The van der Waals surface area contributed by atoms with E-state index in [0.29, 0.717) is 24.2 Å². The van der Waals surface area contributed by atoms with Crippen LogP contribution in [0.4, 0.5) is 0 Å². The van der Waals surface area contributed by atoms with E-state index in [2.05, 4.69) is 26.8 Å². The van der Waals surface area contributed by atoms with Gasteiger partial charge in [-0.3, -0.25) is 14.4 Å². The Morgan fingerprint density at radius 1 is 1.10 bits per heavy atom. The minimum absolute atomic E-state index is 0.00105. The zero-order chi connectivity index (χ0) is 21.4. The van der Waals surface area contributed by atoms with Crippen molar-refractivity contribution in [3.63, 3.8) is 0 Å². The lowest BCUT2D eigenvalue weighted by atomic mass is 9.46. The summed E-state index contributed by atoms with van der Waals surface area (Å²) in [6, 6.07) is 0. The highest BCUT2D eigenvalue weighted by Gasteiger charge is 2.67. The lowest BCUT2D eigenvalue weighted by Gasteiger charge is -2.58. The van der Waals surface area contributed by atoms with Crippen molar-refractivity contribution in [2.75, 3.05) is 0 Å². The van der Waals surface area contributed by atoms with Gasteiger partial charge in [0.2, 0.25) is 0 Å². The quantitative estimate of drug-likeness (QED) is 0.626. The SMILES string of the molecule is CC(=O)O[C@]1(C(C)=O)CC[C@H]2[C@@H]3C=C(C)C4=CC(=O)[C@H](C)C[C@]4(C)[C@H]3CC[C@@]21C. The third-order valence-electron chi connectivity index (χ3n) is 9.14. The van der Waals surface area contributed by atoms with E-state index in [1.807, 2.05) is 13.0 Å². The van der Waals surface area contributed by atoms with Crippen molar-refractivity contribution in [1.29, 1.82) is 0 Å². The molecule has 4 heteroatoms. The molecule has 4 aliphatic carbocycles. The molecule has 0 radical (unpaired) electrons. The molecular formula is C25H34O4. The van der Waals surface area contributed by atoms with Crippen LogP contribution >= 0.6 is 0 Å². The van der Waals surface area contributed by atoms with Gasteiger partial charge in [0.1, 0.15) is 0 Å². The van der Waals surface area contributed by atoms with Crippen LogP contribution in [0.2, 0.25) is 0 Å². The number of ether oxygens (including phenoxy) is 1. The molecule has 0 aromatic rings. The van der Waals surface area contributed by atoms with Crippen LogP contribution in [0.3, 0.4) is 0 Å². The van der Waals surface area contributed by atoms with Gasteiger partial charge in [-0.25, -0.2) is 0 Å². The standard InChI is InChI=1S/C25H34O4/c1-14-11-18-19(23(5)13-15(2)22(28)12-21(14)23)7-9-24(6)20(18)8-10-25(24,16(3)26)29-17(4)27/h11-12,15,18-20H,7-10,13H2,1-6H3/t15-,18-,19+,20+,23-,24+,25+/m1/s1. The van der Waals surface area contributed by atoms with Crippen molar-refractivity contribution in [1.82, 2.24) is 0 Å². The summed E-state index contributed by atoms with van der Waals surface area (Å²) in [5.74, 6) is 1.05. The highest BCUT2D eigenvalue weighted by molar-refractivity contribution is 5.94. The van der Waals surface area contributed by atoms with Gasteiger partial charge in [0.15, 0.2) is 17.2 Å². The maximum atomic E-state index is 12.8. The molecule has 0 heterocycles. The summed E-state index contributed by atoms with van der Waals surface area (Å²) < 4.78 is 5.84. The summed E-state index contributed by atoms with van der Waals surface area (Å²) in [5, 5.41) is 0. The van der Waals surface area contributed by atoms with E-state index in [1.165, 1.54) is 18.1 Å². The molecule has 4 rings (SSSR count). The molecule has 0 aromatic heterocycles. The van der Waals surface area contributed by atoms with Crippen LogP contribution in [0.5, 0.6) is 0 Å². The zero-order valence-corrected chi connectivity index (χ0v) is 18.6. The van der Waals surface area contributed by atoms with Gasteiger partial charge < -0.3 is 4.74 Å². The summed E-state index contributed by atoms with van der Waals surface area (Å²) >= 11 is 0. The highest BCUT2D eigenvalue weighted by atomic mass is 16.6. The lowest BCUT2D eigenvalue weighted by molar-refractivity contribution is -0.185. The van der Waals surface area contributed by atoms with Crippen LogP contribution in [0.15, 0.2) is 23.3 Å². The Hall–Kier alpha value is -1.71. The van der Waals surface area contributed by atoms with Crippen LogP contribution in [-0.2, 0) is 19.1 Å². The summed E-state index contributed by atoms with van der Waals surface area (Å²) in [5.41, 5.74) is 1.10. The number of allylic oxidation sites excluding steroid dienone is 4. The van der Waals surface area contributed by atoms with E-state index in [0.717, 1.165) is 25.7 Å². The second-order valence-electron chi connectivity index (χ2n) is 10.6. The maximum Gasteiger partial charge on any atom is 0.303 e. The van der Waals surface area contributed by atoms with E-state index in [1.54, 1.807) is 6.92 Å². The fourth-order valence-electron chi connectivity index (χ4n) is 7.82. The largest absolute Gasteiger partial charge is 0.451 e. The number of esters is 1. The molecule has 0 N–H and O–H groups in total. The third-order valence-corrected chi connectivity index (χ3v) is 9.14. The molecule has 2 saturated carbocycles. The summed E-state index contributed by atoms with van der Waals surface area (Å²) in [4.78, 5) is 37.2. The monoisotopic (exact) mass is 398 g/mol. The molecule has 0 aromatic carbocycles. The van der Waals surface area contributed by atoms with E-state index in [9.17, 15) is 14.4 Å². The Bertz CT molecular complexity index is 851. The summed E-state index contributed by atoms with van der Waals surface area (Å²) in [6.45, 7) is 11.7. The second kappa shape index (κ2) is 6.39. The molecule has 29 heavy (non-hydrogen) atoms. The van der Waals surface area contributed by atoms with Gasteiger partial charge >= 0.3 is 5.97 Å². The van der Waals surface area contributed by atoms with Gasteiger partial charge in [-0.2, -0.15) is 0 Å². The first-order valence-corrected chi connectivity index (χ1v) is 11.1. The predicted octanol–water partition coefficient (Wildman–Crippen LogP) is 4.82. The van der Waals surface area contributed by atoms with Crippen molar-refractivity contribution in [2.24, 2.45) is 34.5 Å². The average Bonchev–Trinajstić information content (AvgIpc) is 2.91. The maximum absolute atomic E-state index is 12.8. The summed E-state index contributed by atoms with van der Waals surface area (Å²) in [7, 11) is 0. The lowest BCUT2D eigenvalue weighted by Crippen LogP contribution is -2.58. The predicted molar refractivity (Wildman–Crippen MR) is 111 cm³/mol. The average molecular weight is 399 g/mol. The summed E-state index contributed by atoms with van der Waals surface area (Å²) in [6.07, 6.45) is 8.56. The van der Waals surface area contributed by atoms with Crippen molar-refractivity contribution < 1.29 is 19.1 Å². The first-order chi connectivity index (χ1) is 13.5. The Kier molecular flexibility index (Phi) is 4.53. The van der Waals surface area contributed by atoms with Crippen molar-refractivity contribution >= 4 is 17.5 Å². The van der Waals surface area contributed by atoms with E-state index < -0.39 is 5.60 Å². The third kappa shape index (κ3) is 2.60. The van der Waals surface area contributed by atoms with Gasteiger partial charge in [0.25, 0.3) is 0 Å².